The highest BCUT2D eigenvalue weighted by molar-refractivity contribution is 5.87. The predicted molar refractivity (Wildman–Crippen MR) is 97.4 cm³/mol. The number of benzene rings is 1. The molecular formula is C22H22F6. The van der Waals surface area contributed by atoms with E-state index in [0.29, 0.717) is 12.8 Å². The van der Waals surface area contributed by atoms with Crippen molar-refractivity contribution in [1.29, 1.82) is 0 Å². The van der Waals surface area contributed by atoms with Gasteiger partial charge >= 0.3 is 11.8 Å². The highest BCUT2D eigenvalue weighted by Crippen LogP contribution is 2.61. The third-order valence-corrected chi connectivity index (χ3v) is 5.65. The van der Waals surface area contributed by atoms with Crippen LogP contribution in [0.1, 0.15) is 49.8 Å². The van der Waals surface area contributed by atoms with Gasteiger partial charge in [-0.15, -0.1) is 6.58 Å². The second kappa shape index (κ2) is 7.12. The van der Waals surface area contributed by atoms with Gasteiger partial charge in [-0.1, -0.05) is 44.6 Å². The second-order valence-electron chi connectivity index (χ2n) is 7.49. The highest BCUT2D eigenvalue weighted by Gasteiger charge is 2.67. The van der Waals surface area contributed by atoms with Crippen LogP contribution in [0.25, 0.3) is 5.57 Å². The van der Waals surface area contributed by atoms with Gasteiger partial charge in [-0.2, -0.15) is 17.6 Å². The first-order valence-electron chi connectivity index (χ1n) is 9.40. The number of fused-ring (bicyclic) bond motifs is 3. The van der Waals surface area contributed by atoms with Crippen molar-refractivity contribution < 1.29 is 26.3 Å². The fourth-order valence-electron chi connectivity index (χ4n) is 4.17. The van der Waals surface area contributed by atoms with E-state index in [1.807, 2.05) is 0 Å². The first-order chi connectivity index (χ1) is 13.1. The normalized spacial score (nSPS) is 25.1. The summed E-state index contributed by atoms with van der Waals surface area (Å²) < 4.78 is 89.4. The number of hydrogen-bond donors (Lipinski definition) is 0. The summed E-state index contributed by atoms with van der Waals surface area (Å²) in [4.78, 5) is 0. The number of alkyl halides is 4. The molecule has 0 aromatic heterocycles. The first kappa shape index (κ1) is 20.7. The lowest BCUT2D eigenvalue weighted by Crippen LogP contribution is -2.46. The van der Waals surface area contributed by atoms with Crippen molar-refractivity contribution in [3.8, 4) is 0 Å². The monoisotopic (exact) mass is 400 g/mol. The Morgan fingerprint density at radius 3 is 2.39 bits per heavy atom. The van der Waals surface area contributed by atoms with E-state index in [4.69, 9.17) is 0 Å². The van der Waals surface area contributed by atoms with Gasteiger partial charge in [0, 0.05) is 5.92 Å². The van der Waals surface area contributed by atoms with Gasteiger partial charge in [0.1, 0.15) is 11.6 Å². The van der Waals surface area contributed by atoms with Gasteiger partial charge in [-0.05, 0) is 41.9 Å². The Hall–Kier alpha value is -1.98. The SMILES string of the molecule is C=CCCc1ccc2c(c1F)C(F)(F)C(F)(F)C1=C(F)C(CCC)C(C)C=C12. The van der Waals surface area contributed by atoms with Crippen LogP contribution in [-0.2, 0) is 12.3 Å². The van der Waals surface area contributed by atoms with Crippen molar-refractivity contribution in [3.05, 3.63) is 64.8 Å². The zero-order valence-corrected chi connectivity index (χ0v) is 15.8. The summed E-state index contributed by atoms with van der Waals surface area (Å²) >= 11 is 0. The fourth-order valence-corrected chi connectivity index (χ4v) is 4.17. The van der Waals surface area contributed by atoms with Crippen LogP contribution in [0, 0.1) is 17.7 Å². The van der Waals surface area contributed by atoms with Crippen molar-refractivity contribution in [2.75, 3.05) is 0 Å². The molecule has 0 saturated carbocycles. The number of hydrogen-bond acceptors (Lipinski definition) is 0. The Kier molecular flexibility index (Phi) is 5.28. The van der Waals surface area contributed by atoms with Gasteiger partial charge in [0.15, 0.2) is 0 Å². The fraction of sp³-hybridized carbons (Fsp3) is 0.455. The lowest BCUT2D eigenvalue weighted by molar-refractivity contribution is -0.196. The van der Waals surface area contributed by atoms with Crippen LogP contribution in [0.4, 0.5) is 26.3 Å². The maximum atomic E-state index is 15.0. The lowest BCUT2D eigenvalue weighted by atomic mass is 9.70. The minimum Gasteiger partial charge on any atom is -0.211 e. The Balaban J connectivity index is 2.29. The molecule has 0 bridgehead atoms. The summed E-state index contributed by atoms with van der Waals surface area (Å²) in [5, 5.41) is 0. The molecule has 0 spiro atoms. The van der Waals surface area contributed by atoms with Gasteiger partial charge in [0.2, 0.25) is 0 Å². The van der Waals surface area contributed by atoms with Crippen molar-refractivity contribution in [3.63, 3.8) is 0 Å². The standard InChI is InChI=1S/C22H22F6/c1-4-6-8-13-9-10-15-16-11-12(3)14(7-5-2)20(24)18(16)22(27,28)21(25,26)17(15)19(13)23/h4,9-12,14H,1,5-8H2,2-3H3. The molecular weight excluding hydrogens is 378 g/mol. The molecule has 1 aromatic rings. The number of halogens is 6. The molecule has 2 aliphatic rings. The summed E-state index contributed by atoms with van der Waals surface area (Å²) in [6, 6.07) is 2.50. The summed E-state index contributed by atoms with van der Waals surface area (Å²) in [6.45, 7) is 6.92. The van der Waals surface area contributed by atoms with Crippen LogP contribution in [0.2, 0.25) is 0 Å². The molecule has 1 aromatic carbocycles. The molecule has 0 fully saturated rings. The summed E-state index contributed by atoms with van der Waals surface area (Å²) in [7, 11) is 0. The van der Waals surface area contributed by atoms with E-state index in [-0.39, 0.29) is 29.5 Å². The van der Waals surface area contributed by atoms with E-state index in [1.165, 1.54) is 24.3 Å². The Morgan fingerprint density at radius 2 is 1.79 bits per heavy atom. The number of allylic oxidation sites excluding steroid dienone is 5. The van der Waals surface area contributed by atoms with Crippen LogP contribution in [0.15, 0.2) is 42.3 Å². The first-order valence-corrected chi connectivity index (χ1v) is 9.40. The van der Waals surface area contributed by atoms with E-state index >= 15 is 4.39 Å². The van der Waals surface area contributed by atoms with Crippen molar-refractivity contribution in [2.24, 2.45) is 11.8 Å². The molecule has 0 heterocycles. The quantitative estimate of drug-likeness (QED) is 0.358. The maximum absolute atomic E-state index is 15.0. The minimum absolute atomic E-state index is 0.0648. The average Bonchev–Trinajstić information content (AvgIpc) is 2.61. The summed E-state index contributed by atoms with van der Waals surface area (Å²) in [6.07, 6.45) is 4.04. The molecule has 0 aliphatic heterocycles. The zero-order chi connectivity index (χ0) is 20.9. The van der Waals surface area contributed by atoms with Gasteiger partial charge < -0.3 is 0 Å². The Bertz CT molecular complexity index is 862. The van der Waals surface area contributed by atoms with E-state index < -0.39 is 46.5 Å². The van der Waals surface area contributed by atoms with Crippen molar-refractivity contribution in [1.82, 2.24) is 0 Å². The van der Waals surface area contributed by atoms with Crippen LogP contribution < -0.4 is 0 Å². The van der Waals surface area contributed by atoms with Gasteiger partial charge in [0.05, 0.1) is 11.1 Å². The topological polar surface area (TPSA) is 0 Å². The van der Waals surface area contributed by atoms with Crippen molar-refractivity contribution in [2.45, 2.75) is 51.4 Å². The van der Waals surface area contributed by atoms with E-state index in [1.54, 1.807) is 13.8 Å². The number of rotatable bonds is 5. The highest BCUT2D eigenvalue weighted by atomic mass is 19.3. The lowest BCUT2D eigenvalue weighted by Gasteiger charge is -2.41. The Labute approximate surface area is 160 Å². The summed E-state index contributed by atoms with van der Waals surface area (Å²) in [5.74, 6) is -13.6. The molecule has 0 N–H and O–H groups in total. The Morgan fingerprint density at radius 1 is 1.11 bits per heavy atom. The molecule has 28 heavy (non-hydrogen) atoms. The molecule has 0 radical (unpaired) electrons. The molecule has 0 amide bonds. The second-order valence-corrected chi connectivity index (χ2v) is 7.49. The smallest absolute Gasteiger partial charge is 0.211 e. The van der Waals surface area contributed by atoms with Crippen LogP contribution in [-0.4, -0.2) is 5.92 Å². The molecule has 2 atom stereocenters. The van der Waals surface area contributed by atoms with Gasteiger partial charge in [-0.3, -0.25) is 0 Å². The third-order valence-electron chi connectivity index (χ3n) is 5.65. The van der Waals surface area contributed by atoms with Crippen LogP contribution in [0.3, 0.4) is 0 Å². The molecule has 3 rings (SSSR count). The van der Waals surface area contributed by atoms with Gasteiger partial charge in [-0.25, -0.2) is 8.78 Å². The van der Waals surface area contributed by atoms with E-state index in [0.717, 1.165) is 0 Å². The zero-order valence-electron chi connectivity index (χ0n) is 15.8. The molecule has 2 aliphatic carbocycles. The van der Waals surface area contributed by atoms with E-state index in [2.05, 4.69) is 6.58 Å². The largest absolute Gasteiger partial charge is 0.343 e. The number of aryl methyl sites for hydroxylation is 1. The molecule has 6 heteroatoms. The van der Waals surface area contributed by atoms with Crippen LogP contribution in [0.5, 0.6) is 0 Å². The summed E-state index contributed by atoms with van der Waals surface area (Å²) in [5.41, 5.74) is -3.40. The third kappa shape index (κ3) is 2.83. The molecule has 0 nitrogen and oxygen atoms in total. The average molecular weight is 400 g/mol. The predicted octanol–water partition coefficient (Wildman–Crippen LogP) is 7.36. The molecule has 2 unspecified atom stereocenters. The molecule has 0 saturated heterocycles. The van der Waals surface area contributed by atoms with Crippen molar-refractivity contribution >= 4 is 5.57 Å². The van der Waals surface area contributed by atoms with Crippen LogP contribution >= 0.6 is 0 Å². The molecule has 152 valence electrons. The maximum Gasteiger partial charge on any atom is 0.343 e. The minimum atomic E-state index is -4.85. The van der Waals surface area contributed by atoms with Gasteiger partial charge in [0.25, 0.3) is 0 Å². The van der Waals surface area contributed by atoms with E-state index in [9.17, 15) is 22.0 Å².